The lowest BCUT2D eigenvalue weighted by molar-refractivity contribution is -0.132. The molecule has 26 heavy (non-hydrogen) atoms. The zero-order valence-corrected chi connectivity index (χ0v) is 15.3. The average molecular weight is 417 g/mol. The van der Waals surface area contributed by atoms with Crippen molar-refractivity contribution in [3.05, 3.63) is 70.1 Å². The summed E-state index contributed by atoms with van der Waals surface area (Å²) in [5, 5.41) is 3.51. The van der Waals surface area contributed by atoms with Gasteiger partial charge in [0, 0.05) is 15.4 Å². The summed E-state index contributed by atoms with van der Waals surface area (Å²) in [6.07, 6.45) is 0. The number of amides is 3. The van der Waals surface area contributed by atoms with Gasteiger partial charge in [0.15, 0.2) is 5.54 Å². The Balaban J connectivity index is 1.69. The number of benzene rings is 2. The van der Waals surface area contributed by atoms with Crippen molar-refractivity contribution >= 4 is 38.8 Å². The number of fused-ring (bicyclic) bond motifs is 1. The number of hydrogen-bond acceptors (Lipinski definition) is 3. The van der Waals surface area contributed by atoms with Crippen LogP contribution >= 0.6 is 15.9 Å². The van der Waals surface area contributed by atoms with Gasteiger partial charge in [-0.05, 0) is 37.3 Å². The molecule has 1 fully saturated rings. The van der Waals surface area contributed by atoms with Crippen LogP contribution in [0, 0.1) is 5.82 Å². The van der Waals surface area contributed by atoms with Crippen LogP contribution < -0.4 is 5.32 Å². The summed E-state index contributed by atoms with van der Waals surface area (Å²) >= 11 is 3.27. The molecule has 7 heteroatoms. The zero-order valence-electron chi connectivity index (χ0n) is 13.8. The minimum atomic E-state index is -1.33. The summed E-state index contributed by atoms with van der Waals surface area (Å²) < 4.78 is 20.5. The molecule has 2 heterocycles. The van der Waals surface area contributed by atoms with Crippen molar-refractivity contribution in [3.8, 4) is 0 Å². The van der Waals surface area contributed by atoms with E-state index in [0.717, 1.165) is 10.3 Å². The third-order valence-corrected chi connectivity index (χ3v) is 5.02. The van der Waals surface area contributed by atoms with Crippen LogP contribution in [0.1, 0.15) is 18.2 Å². The first-order valence-corrected chi connectivity index (χ1v) is 8.75. The highest BCUT2D eigenvalue weighted by Crippen LogP contribution is 2.34. The van der Waals surface area contributed by atoms with Crippen LogP contribution in [0.3, 0.4) is 0 Å². The Labute approximate surface area is 156 Å². The molecule has 1 aromatic heterocycles. The van der Waals surface area contributed by atoms with Gasteiger partial charge in [0.25, 0.3) is 5.91 Å². The average Bonchev–Trinajstić information content (AvgIpc) is 3.14. The number of nitrogens with one attached hydrogen (secondary N) is 1. The van der Waals surface area contributed by atoms with Crippen LogP contribution in [0.15, 0.2) is 57.4 Å². The number of carbonyl (C=O) groups excluding carboxylic acids is 2. The molecule has 0 radical (unpaired) electrons. The minimum Gasteiger partial charge on any atom is -0.458 e. The predicted molar refractivity (Wildman–Crippen MR) is 96.7 cm³/mol. The third kappa shape index (κ3) is 2.59. The van der Waals surface area contributed by atoms with Gasteiger partial charge in [-0.25, -0.2) is 9.18 Å². The smallest absolute Gasteiger partial charge is 0.325 e. The quantitative estimate of drug-likeness (QED) is 0.647. The van der Waals surface area contributed by atoms with Gasteiger partial charge in [0.05, 0.1) is 6.54 Å². The number of furan rings is 1. The molecule has 0 unspecified atom stereocenters. The summed E-state index contributed by atoms with van der Waals surface area (Å²) in [4.78, 5) is 26.4. The molecule has 0 bridgehead atoms. The Kier molecular flexibility index (Phi) is 3.84. The summed E-state index contributed by atoms with van der Waals surface area (Å²) in [5.74, 6) is -0.624. The van der Waals surface area contributed by atoms with Crippen molar-refractivity contribution < 1.29 is 18.4 Å². The summed E-state index contributed by atoms with van der Waals surface area (Å²) in [6, 6.07) is 12.9. The van der Waals surface area contributed by atoms with E-state index in [9.17, 15) is 14.0 Å². The fraction of sp³-hybridized carbons (Fsp3) is 0.158. The van der Waals surface area contributed by atoms with Crippen molar-refractivity contribution in [1.82, 2.24) is 10.2 Å². The van der Waals surface area contributed by atoms with E-state index in [-0.39, 0.29) is 12.1 Å². The van der Waals surface area contributed by atoms with Gasteiger partial charge in [-0.2, -0.15) is 0 Å². The summed E-state index contributed by atoms with van der Waals surface area (Å²) in [7, 11) is 0. The number of para-hydroxylation sites is 1. The van der Waals surface area contributed by atoms with E-state index in [1.165, 1.54) is 6.07 Å². The van der Waals surface area contributed by atoms with E-state index in [1.54, 1.807) is 31.2 Å². The van der Waals surface area contributed by atoms with Crippen LogP contribution in [-0.4, -0.2) is 16.8 Å². The second-order valence-corrected chi connectivity index (χ2v) is 7.25. The lowest BCUT2D eigenvalue weighted by Crippen LogP contribution is -2.40. The van der Waals surface area contributed by atoms with Crippen molar-refractivity contribution in [2.75, 3.05) is 0 Å². The molecule has 5 nitrogen and oxygen atoms in total. The van der Waals surface area contributed by atoms with Crippen LogP contribution in [0.5, 0.6) is 0 Å². The number of halogens is 2. The summed E-state index contributed by atoms with van der Waals surface area (Å²) in [5.41, 5.74) is -0.461. The van der Waals surface area contributed by atoms with Gasteiger partial charge in [-0.1, -0.05) is 34.1 Å². The normalized spacial score (nSPS) is 20.0. The van der Waals surface area contributed by atoms with Gasteiger partial charge in [0.1, 0.15) is 17.2 Å². The van der Waals surface area contributed by atoms with E-state index in [0.29, 0.717) is 15.8 Å². The van der Waals surface area contributed by atoms with E-state index in [2.05, 4.69) is 21.2 Å². The Bertz CT molecular complexity index is 1020. The number of imide groups is 1. The van der Waals surface area contributed by atoms with Gasteiger partial charge in [0.2, 0.25) is 0 Å². The molecule has 2 aromatic carbocycles. The number of urea groups is 1. The highest BCUT2D eigenvalue weighted by Gasteiger charge is 2.51. The molecule has 3 amide bonds. The predicted octanol–water partition coefficient (Wildman–Crippen LogP) is 4.30. The first-order chi connectivity index (χ1) is 12.4. The van der Waals surface area contributed by atoms with Gasteiger partial charge >= 0.3 is 6.03 Å². The Hall–Kier alpha value is -2.67. The fourth-order valence-corrected chi connectivity index (χ4v) is 3.48. The zero-order chi connectivity index (χ0) is 18.5. The van der Waals surface area contributed by atoms with Crippen molar-refractivity contribution in [1.29, 1.82) is 0 Å². The molecule has 3 aromatic rings. The summed E-state index contributed by atoms with van der Waals surface area (Å²) in [6.45, 7) is 1.42. The topological polar surface area (TPSA) is 62.6 Å². The lowest BCUT2D eigenvalue weighted by atomic mass is 9.98. The molecule has 4 rings (SSSR count). The number of carbonyl (C=O) groups is 2. The molecule has 1 N–H and O–H groups in total. The lowest BCUT2D eigenvalue weighted by Gasteiger charge is -2.19. The Morgan fingerprint density at radius 3 is 2.73 bits per heavy atom. The Morgan fingerprint density at radius 1 is 1.19 bits per heavy atom. The highest BCUT2D eigenvalue weighted by molar-refractivity contribution is 9.10. The molecule has 1 atom stereocenters. The maximum atomic E-state index is 14.0. The molecule has 1 aliphatic heterocycles. The van der Waals surface area contributed by atoms with Gasteiger partial charge in [-0.3, -0.25) is 9.69 Å². The minimum absolute atomic E-state index is 0.161. The third-order valence-electron chi connectivity index (χ3n) is 4.53. The Morgan fingerprint density at radius 2 is 1.96 bits per heavy atom. The SMILES string of the molecule is C[C@@]1(c2cc3ccccc3o2)NC(=O)N(Cc2cc(Br)ccc2F)C1=O. The van der Waals surface area contributed by atoms with E-state index in [1.807, 2.05) is 18.2 Å². The molecule has 1 aliphatic rings. The molecule has 0 saturated carbocycles. The molecule has 132 valence electrons. The second kappa shape index (κ2) is 5.95. The number of rotatable bonds is 3. The molecule has 1 saturated heterocycles. The van der Waals surface area contributed by atoms with Crippen molar-refractivity contribution in [2.45, 2.75) is 19.0 Å². The molecule has 0 aliphatic carbocycles. The maximum Gasteiger partial charge on any atom is 0.325 e. The van der Waals surface area contributed by atoms with Crippen LogP contribution in [0.4, 0.5) is 9.18 Å². The number of nitrogens with zero attached hydrogens (tertiary/aromatic N) is 1. The van der Waals surface area contributed by atoms with Gasteiger partial charge < -0.3 is 9.73 Å². The second-order valence-electron chi connectivity index (χ2n) is 6.33. The molecular formula is C19H14BrFN2O3. The van der Waals surface area contributed by atoms with Crippen LogP contribution in [0.2, 0.25) is 0 Å². The van der Waals surface area contributed by atoms with Crippen LogP contribution in [0.25, 0.3) is 11.0 Å². The van der Waals surface area contributed by atoms with E-state index in [4.69, 9.17) is 4.42 Å². The van der Waals surface area contributed by atoms with Crippen LogP contribution in [-0.2, 0) is 16.9 Å². The molecular weight excluding hydrogens is 403 g/mol. The van der Waals surface area contributed by atoms with E-state index < -0.39 is 23.3 Å². The van der Waals surface area contributed by atoms with Crippen molar-refractivity contribution in [3.63, 3.8) is 0 Å². The molecule has 0 spiro atoms. The first-order valence-electron chi connectivity index (χ1n) is 7.95. The van der Waals surface area contributed by atoms with Crippen molar-refractivity contribution in [2.24, 2.45) is 0 Å². The monoisotopic (exact) mass is 416 g/mol. The van der Waals surface area contributed by atoms with Gasteiger partial charge in [-0.15, -0.1) is 0 Å². The maximum absolute atomic E-state index is 14.0. The first kappa shape index (κ1) is 16.8. The number of hydrogen-bond donors (Lipinski definition) is 1. The standard InChI is InChI=1S/C19H14BrFN2O3/c1-19(16-9-11-4-2-3-5-15(11)26-16)17(24)23(18(25)22-19)10-12-8-13(20)6-7-14(12)21/h2-9H,10H2,1H3,(H,22,25)/t19-/m0/s1. The largest absolute Gasteiger partial charge is 0.458 e. The van der Waals surface area contributed by atoms with E-state index >= 15 is 0 Å². The fourth-order valence-electron chi connectivity index (χ4n) is 3.07. The highest BCUT2D eigenvalue weighted by atomic mass is 79.9.